The van der Waals surface area contributed by atoms with Crippen LogP contribution in [-0.4, -0.2) is 28.5 Å². The molecule has 0 bridgehead atoms. The molecule has 2 aromatic rings. The Morgan fingerprint density at radius 2 is 2.12 bits per heavy atom. The molecular formula is C14H14ClFN4O4. The Labute approximate surface area is 139 Å². The molecule has 1 aromatic carbocycles. The lowest BCUT2D eigenvalue weighted by molar-refractivity contribution is 0.0921. The van der Waals surface area contributed by atoms with Gasteiger partial charge >= 0.3 is 5.69 Å². The van der Waals surface area contributed by atoms with E-state index in [1.807, 2.05) is 4.98 Å². The van der Waals surface area contributed by atoms with E-state index >= 15 is 0 Å². The van der Waals surface area contributed by atoms with Gasteiger partial charge in [0.1, 0.15) is 18.0 Å². The van der Waals surface area contributed by atoms with Gasteiger partial charge in [0.05, 0.1) is 6.04 Å². The Balaban J connectivity index is 2.03. The summed E-state index contributed by atoms with van der Waals surface area (Å²) in [5.41, 5.74) is 2.96. The summed E-state index contributed by atoms with van der Waals surface area (Å²) < 4.78 is 18.8. The van der Waals surface area contributed by atoms with E-state index in [0.29, 0.717) is 5.02 Å². The first-order chi connectivity index (χ1) is 11.3. The van der Waals surface area contributed by atoms with Gasteiger partial charge in [-0.2, -0.15) is 0 Å². The third kappa shape index (κ3) is 4.13. The van der Waals surface area contributed by atoms with Gasteiger partial charge in [-0.25, -0.2) is 9.18 Å². The Hall–Kier alpha value is -2.81. The molecule has 10 heteroatoms. The molecule has 0 saturated carbocycles. The molecule has 2 rings (SSSR count). The standard InChI is InChI=1S/C14H14ClFN4O4/c1-6(5-24-9-4-7(15)2-3-8(9)16)18-13(22)11-10(17)12(21)20-14(23)19-11/h2-4,6H,5,17H2,1H3,(H,18,22)(H2,19,20,21,23). The van der Waals surface area contributed by atoms with E-state index in [1.54, 1.807) is 6.92 Å². The predicted molar refractivity (Wildman–Crippen MR) is 85.9 cm³/mol. The SMILES string of the molecule is CC(COc1cc(Cl)ccc1F)NC(=O)c1[nH]c(=O)[nH]c(=O)c1N. The molecule has 1 atom stereocenters. The van der Waals surface area contributed by atoms with Crippen molar-refractivity contribution < 1.29 is 13.9 Å². The van der Waals surface area contributed by atoms with Crippen LogP contribution in [0.3, 0.4) is 0 Å². The number of anilines is 1. The second-order valence-electron chi connectivity index (χ2n) is 4.96. The van der Waals surface area contributed by atoms with Crippen molar-refractivity contribution in [3.8, 4) is 5.75 Å². The number of ether oxygens (including phenoxy) is 1. The smallest absolute Gasteiger partial charge is 0.326 e. The first kappa shape index (κ1) is 17.5. The van der Waals surface area contributed by atoms with E-state index in [-0.39, 0.29) is 18.1 Å². The van der Waals surface area contributed by atoms with Gasteiger partial charge in [-0.1, -0.05) is 11.6 Å². The maximum absolute atomic E-state index is 13.5. The fourth-order valence-electron chi connectivity index (χ4n) is 1.82. The van der Waals surface area contributed by atoms with E-state index in [9.17, 15) is 18.8 Å². The highest BCUT2D eigenvalue weighted by atomic mass is 35.5. The summed E-state index contributed by atoms with van der Waals surface area (Å²) in [5.74, 6) is -1.42. The summed E-state index contributed by atoms with van der Waals surface area (Å²) in [6, 6.07) is 3.26. The van der Waals surface area contributed by atoms with Crippen molar-refractivity contribution in [2.24, 2.45) is 0 Å². The number of hydrogen-bond acceptors (Lipinski definition) is 5. The van der Waals surface area contributed by atoms with Crippen molar-refractivity contribution in [3.63, 3.8) is 0 Å². The number of aromatic amines is 2. The summed E-state index contributed by atoms with van der Waals surface area (Å²) in [5, 5.41) is 2.78. The van der Waals surface area contributed by atoms with Crippen LogP contribution >= 0.6 is 11.6 Å². The summed E-state index contributed by atoms with van der Waals surface area (Å²) in [6.45, 7) is 1.51. The van der Waals surface area contributed by atoms with Crippen LogP contribution in [0.4, 0.5) is 10.1 Å². The number of amides is 1. The van der Waals surface area contributed by atoms with E-state index in [2.05, 4.69) is 10.3 Å². The highest BCUT2D eigenvalue weighted by molar-refractivity contribution is 6.30. The second-order valence-corrected chi connectivity index (χ2v) is 5.39. The number of nitrogen functional groups attached to an aromatic ring is 1. The summed E-state index contributed by atoms with van der Waals surface area (Å²) >= 11 is 5.75. The van der Waals surface area contributed by atoms with Gasteiger partial charge in [-0.15, -0.1) is 0 Å². The van der Waals surface area contributed by atoms with Crippen LogP contribution in [0.15, 0.2) is 27.8 Å². The summed E-state index contributed by atoms with van der Waals surface area (Å²) in [4.78, 5) is 38.7. The number of nitrogens with two attached hydrogens (primary N) is 1. The molecule has 1 amide bonds. The fourth-order valence-corrected chi connectivity index (χ4v) is 1.98. The predicted octanol–water partition coefficient (Wildman–Crippen LogP) is 0.635. The fraction of sp³-hybridized carbons (Fsp3) is 0.214. The lowest BCUT2D eigenvalue weighted by atomic mass is 10.3. The number of rotatable bonds is 5. The Morgan fingerprint density at radius 1 is 1.42 bits per heavy atom. The highest BCUT2D eigenvalue weighted by Crippen LogP contribution is 2.21. The Bertz CT molecular complexity index is 880. The van der Waals surface area contributed by atoms with Crippen molar-refractivity contribution in [2.75, 3.05) is 12.3 Å². The summed E-state index contributed by atoms with van der Waals surface area (Å²) in [7, 11) is 0. The van der Waals surface area contributed by atoms with Crippen LogP contribution in [0, 0.1) is 5.82 Å². The molecule has 1 unspecified atom stereocenters. The molecule has 1 heterocycles. The topological polar surface area (TPSA) is 130 Å². The van der Waals surface area contributed by atoms with Crippen molar-refractivity contribution in [1.29, 1.82) is 0 Å². The molecule has 128 valence electrons. The quantitative estimate of drug-likeness (QED) is 0.624. The molecule has 5 N–H and O–H groups in total. The lowest BCUT2D eigenvalue weighted by Gasteiger charge is -2.15. The molecule has 0 spiro atoms. The molecule has 0 aliphatic carbocycles. The summed E-state index contributed by atoms with van der Waals surface area (Å²) in [6.07, 6.45) is 0. The number of hydrogen-bond donors (Lipinski definition) is 4. The Morgan fingerprint density at radius 3 is 2.83 bits per heavy atom. The van der Waals surface area contributed by atoms with Crippen LogP contribution in [0.5, 0.6) is 5.75 Å². The van der Waals surface area contributed by atoms with Gasteiger partial charge in [0, 0.05) is 11.1 Å². The van der Waals surface area contributed by atoms with E-state index < -0.39 is 34.7 Å². The maximum atomic E-state index is 13.5. The number of benzene rings is 1. The molecular weight excluding hydrogens is 343 g/mol. The molecule has 0 saturated heterocycles. The van der Waals surface area contributed by atoms with Gasteiger partial charge in [-0.3, -0.25) is 14.6 Å². The van der Waals surface area contributed by atoms with Crippen molar-refractivity contribution in [3.05, 3.63) is 55.6 Å². The van der Waals surface area contributed by atoms with Crippen LogP contribution < -0.4 is 27.0 Å². The number of halogens is 2. The highest BCUT2D eigenvalue weighted by Gasteiger charge is 2.17. The van der Waals surface area contributed by atoms with Crippen LogP contribution in [-0.2, 0) is 0 Å². The minimum absolute atomic E-state index is 0.0623. The average Bonchev–Trinajstić information content (AvgIpc) is 2.51. The first-order valence-electron chi connectivity index (χ1n) is 6.78. The normalized spacial score (nSPS) is 11.8. The largest absolute Gasteiger partial charge is 0.488 e. The number of nitrogens with one attached hydrogen (secondary N) is 3. The average molecular weight is 357 g/mol. The lowest BCUT2D eigenvalue weighted by Crippen LogP contribution is -2.40. The Kier molecular flexibility index (Phi) is 5.24. The maximum Gasteiger partial charge on any atom is 0.326 e. The zero-order chi connectivity index (χ0) is 17.9. The monoisotopic (exact) mass is 356 g/mol. The van der Waals surface area contributed by atoms with Crippen LogP contribution in [0.1, 0.15) is 17.4 Å². The van der Waals surface area contributed by atoms with E-state index in [1.165, 1.54) is 12.1 Å². The number of carbonyl (C=O) groups is 1. The second kappa shape index (κ2) is 7.18. The van der Waals surface area contributed by atoms with Crippen molar-refractivity contribution >= 4 is 23.2 Å². The van der Waals surface area contributed by atoms with E-state index in [0.717, 1.165) is 6.07 Å². The number of aromatic nitrogens is 2. The molecule has 0 fully saturated rings. The third-order valence-electron chi connectivity index (χ3n) is 2.97. The minimum atomic E-state index is -0.867. The zero-order valence-corrected chi connectivity index (χ0v) is 13.2. The molecule has 0 aliphatic heterocycles. The van der Waals surface area contributed by atoms with Gasteiger partial charge in [0.15, 0.2) is 11.6 Å². The van der Waals surface area contributed by atoms with Gasteiger partial charge in [-0.05, 0) is 19.1 Å². The van der Waals surface area contributed by atoms with Crippen LogP contribution in [0.25, 0.3) is 0 Å². The molecule has 0 aliphatic rings. The van der Waals surface area contributed by atoms with Crippen LogP contribution in [0.2, 0.25) is 5.02 Å². The molecule has 0 radical (unpaired) electrons. The van der Waals surface area contributed by atoms with Gasteiger partial charge in [0.2, 0.25) is 0 Å². The van der Waals surface area contributed by atoms with Crippen molar-refractivity contribution in [1.82, 2.24) is 15.3 Å². The molecule has 1 aromatic heterocycles. The molecule has 24 heavy (non-hydrogen) atoms. The number of carbonyl (C=O) groups excluding carboxylic acids is 1. The first-order valence-corrected chi connectivity index (χ1v) is 7.16. The van der Waals surface area contributed by atoms with Gasteiger partial charge < -0.3 is 20.8 Å². The zero-order valence-electron chi connectivity index (χ0n) is 12.5. The number of H-pyrrole nitrogens is 2. The minimum Gasteiger partial charge on any atom is -0.488 e. The van der Waals surface area contributed by atoms with Crippen molar-refractivity contribution in [2.45, 2.75) is 13.0 Å². The van der Waals surface area contributed by atoms with E-state index in [4.69, 9.17) is 22.1 Å². The third-order valence-corrected chi connectivity index (χ3v) is 3.20. The molecule has 8 nitrogen and oxygen atoms in total. The van der Waals surface area contributed by atoms with Gasteiger partial charge in [0.25, 0.3) is 11.5 Å².